The highest BCUT2D eigenvalue weighted by Gasteiger charge is 2.28. The van der Waals surface area contributed by atoms with Gasteiger partial charge in [0, 0.05) is 19.0 Å². The second kappa shape index (κ2) is 7.25. The second-order valence-electron chi connectivity index (χ2n) is 5.89. The van der Waals surface area contributed by atoms with E-state index in [-0.39, 0.29) is 17.7 Å². The Labute approximate surface area is 126 Å². The van der Waals surface area contributed by atoms with Crippen molar-refractivity contribution in [2.45, 2.75) is 39.2 Å². The number of carbonyl (C=O) groups excluding carboxylic acids is 2. The molecule has 1 aromatic carbocycles. The van der Waals surface area contributed by atoms with Crippen molar-refractivity contribution in [3.8, 4) is 0 Å². The van der Waals surface area contributed by atoms with Crippen molar-refractivity contribution in [2.24, 2.45) is 5.92 Å². The van der Waals surface area contributed by atoms with Crippen LogP contribution in [-0.4, -0.2) is 29.8 Å². The molecule has 1 heterocycles. The largest absolute Gasteiger partial charge is 0.341 e. The molecule has 0 bridgehead atoms. The van der Waals surface area contributed by atoms with Gasteiger partial charge in [0.2, 0.25) is 11.8 Å². The normalized spacial score (nSPS) is 16.6. The van der Waals surface area contributed by atoms with E-state index in [1.807, 2.05) is 49.1 Å². The number of carbonyl (C=O) groups is 2. The monoisotopic (exact) mass is 288 g/mol. The van der Waals surface area contributed by atoms with Gasteiger partial charge in [0.05, 0.1) is 0 Å². The molecule has 2 rings (SSSR count). The summed E-state index contributed by atoms with van der Waals surface area (Å²) in [6.45, 7) is 5.25. The Morgan fingerprint density at radius 1 is 1.05 bits per heavy atom. The number of hydrogen-bond acceptors (Lipinski definition) is 2. The maximum Gasteiger partial charge on any atom is 0.249 e. The highest BCUT2D eigenvalue weighted by atomic mass is 16.2. The lowest BCUT2D eigenvalue weighted by Gasteiger charge is -2.31. The lowest BCUT2D eigenvalue weighted by atomic mass is 10.0. The number of nitrogens with zero attached hydrogens (tertiary/aromatic N) is 1. The van der Waals surface area contributed by atoms with Crippen LogP contribution in [0.15, 0.2) is 30.3 Å². The van der Waals surface area contributed by atoms with Crippen molar-refractivity contribution in [3.63, 3.8) is 0 Å². The van der Waals surface area contributed by atoms with Gasteiger partial charge in [-0.1, -0.05) is 44.2 Å². The fraction of sp³-hybridized carbons (Fsp3) is 0.529. The van der Waals surface area contributed by atoms with E-state index in [4.69, 9.17) is 0 Å². The molecule has 1 saturated heterocycles. The second-order valence-corrected chi connectivity index (χ2v) is 5.89. The van der Waals surface area contributed by atoms with Crippen LogP contribution in [0.2, 0.25) is 0 Å². The van der Waals surface area contributed by atoms with Crippen molar-refractivity contribution >= 4 is 11.8 Å². The molecule has 114 valence electrons. The molecule has 2 amide bonds. The number of nitrogens with one attached hydrogen (secondary N) is 1. The summed E-state index contributed by atoms with van der Waals surface area (Å²) < 4.78 is 0. The van der Waals surface area contributed by atoms with Gasteiger partial charge < -0.3 is 10.2 Å². The van der Waals surface area contributed by atoms with Crippen LogP contribution in [0.25, 0.3) is 0 Å². The van der Waals surface area contributed by atoms with E-state index in [0.29, 0.717) is 0 Å². The summed E-state index contributed by atoms with van der Waals surface area (Å²) in [6.07, 6.45) is 3.27. The molecule has 0 unspecified atom stereocenters. The van der Waals surface area contributed by atoms with Crippen molar-refractivity contribution in [3.05, 3.63) is 35.9 Å². The zero-order valence-corrected chi connectivity index (χ0v) is 12.8. The number of benzene rings is 1. The van der Waals surface area contributed by atoms with E-state index in [0.717, 1.165) is 31.5 Å². The van der Waals surface area contributed by atoms with Crippen LogP contribution < -0.4 is 5.32 Å². The van der Waals surface area contributed by atoms with E-state index in [1.54, 1.807) is 0 Å². The van der Waals surface area contributed by atoms with Gasteiger partial charge in [0.15, 0.2) is 0 Å². The third-order valence-electron chi connectivity index (χ3n) is 3.86. The Hall–Kier alpha value is -1.84. The molecule has 4 heteroatoms. The fourth-order valence-electron chi connectivity index (χ4n) is 2.54. The molecule has 1 aliphatic rings. The Bertz CT molecular complexity index is 479. The van der Waals surface area contributed by atoms with E-state index in [9.17, 15) is 9.59 Å². The molecule has 1 N–H and O–H groups in total. The molecular formula is C17H24N2O2. The molecule has 0 aliphatic carbocycles. The van der Waals surface area contributed by atoms with Gasteiger partial charge in [-0.2, -0.15) is 0 Å². The molecule has 21 heavy (non-hydrogen) atoms. The molecule has 1 aliphatic heterocycles. The summed E-state index contributed by atoms with van der Waals surface area (Å²) >= 11 is 0. The van der Waals surface area contributed by atoms with Crippen LogP contribution in [0, 0.1) is 5.92 Å². The zero-order chi connectivity index (χ0) is 15.2. The van der Waals surface area contributed by atoms with Crippen LogP contribution in [0.4, 0.5) is 0 Å². The smallest absolute Gasteiger partial charge is 0.249 e. The summed E-state index contributed by atoms with van der Waals surface area (Å²) in [4.78, 5) is 26.7. The van der Waals surface area contributed by atoms with E-state index >= 15 is 0 Å². The number of rotatable bonds is 4. The van der Waals surface area contributed by atoms with Gasteiger partial charge in [0.1, 0.15) is 6.04 Å². The van der Waals surface area contributed by atoms with Crippen molar-refractivity contribution < 1.29 is 9.59 Å². The van der Waals surface area contributed by atoms with Crippen LogP contribution >= 0.6 is 0 Å². The Balaban J connectivity index is 2.18. The standard InChI is InChI=1S/C17H24N2O2/c1-13(2)16(20)18-15(14-9-5-3-6-10-14)17(21)19-11-7-4-8-12-19/h3,5-6,9-10,13,15H,4,7-8,11-12H2,1-2H3,(H,18,20)/t15-/m1/s1. The highest BCUT2D eigenvalue weighted by Crippen LogP contribution is 2.19. The quantitative estimate of drug-likeness (QED) is 0.925. The summed E-state index contributed by atoms with van der Waals surface area (Å²) in [5.41, 5.74) is 0.849. The van der Waals surface area contributed by atoms with Crippen LogP contribution in [0.3, 0.4) is 0 Å². The highest BCUT2D eigenvalue weighted by molar-refractivity contribution is 5.89. The zero-order valence-electron chi connectivity index (χ0n) is 12.8. The summed E-state index contributed by atoms with van der Waals surface area (Å²) in [5.74, 6) is -0.213. The minimum absolute atomic E-state index is 0.00917. The molecule has 0 radical (unpaired) electrons. The van der Waals surface area contributed by atoms with Gasteiger partial charge in [-0.15, -0.1) is 0 Å². The Morgan fingerprint density at radius 3 is 2.24 bits per heavy atom. The first-order valence-corrected chi connectivity index (χ1v) is 7.73. The van der Waals surface area contributed by atoms with Gasteiger partial charge >= 0.3 is 0 Å². The third-order valence-corrected chi connectivity index (χ3v) is 3.86. The van der Waals surface area contributed by atoms with Crippen molar-refractivity contribution in [1.82, 2.24) is 10.2 Å². The lowest BCUT2D eigenvalue weighted by Crippen LogP contribution is -2.45. The SMILES string of the molecule is CC(C)C(=O)N[C@@H](C(=O)N1CCCCC1)c1ccccc1. The molecule has 0 saturated carbocycles. The first-order chi connectivity index (χ1) is 10.1. The molecule has 0 aromatic heterocycles. The average Bonchev–Trinajstić information content (AvgIpc) is 2.53. The predicted molar refractivity (Wildman–Crippen MR) is 82.6 cm³/mol. The van der Waals surface area contributed by atoms with Crippen molar-refractivity contribution in [2.75, 3.05) is 13.1 Å². The first kappa shape index (κ1) is 15.5. The van der Waals surface area contributed by atoms with Crippen LogP contribution in [0.5, 0.6) is 0 Å². The Kier molecular flexibility index (Phi) is 5.37. The lowest BCUT2D eigenvalue weighted by molar-refractivity contribution is -0.138. The number of amides is 2. The maximum absolute atomic E-state index is 12.8. The first-order valence-electron chi connectivity index (χ1n) is 7.73. The van der Waals surface area contributed by atoms with Gasteiger partial charge in [-0.25, -0.2) is 0 Å². The average molecular weight is 288 g/mol. The third kappa shape index (κ3) is 4.06. The molecule has 0 spiro atoms. The summed E-state index contributed by atoms with van der Waals surface area (Å²) in [5, 5.41) is 2.90. The number of hydrogen-bond donors (Lipinski definition) is 1. The van der Waals surface area contributed by atoms with E-state index in [2.05, 4.69) is 5.32 Å². The molecule has 1 atom stereocenters. The van der Waals surface area contributed by atoms with Gasteiger partial charge in [-0.05, 0) is 24.8 Å². The Morgan fingerprint density at radius 2 is 1.67 bits per heavy atom. The minimum Gasteiger partial charge on any atom is -0.341 e. The topological polar surface area (TPSA) is 49.4 Å². The predicted octanol–water partition coefficient (Wildman–Crippen LogP) is 2.51. The van der Waals surface area contributed by atoms with Gasteiger partial charge in [0.25, 0.3) is 0 Å². The van der Waals surface area contributed by atoms with Crippen LogP contribution in [-0.2, 0) is 9.59 Å². The fourth-order valence-corrected chi connectivity index (χ4v) is 2.54. The maximum atomic E-state index is 12.8. The molecule has 1 aromatic rings. The summed E-state index contributed by atoms with van der Waals surface area (Å²) in [6, 6.07) is 8.93. The summed E-state index contributed by atoms with van der Waals surface area (Å²) in [7, 11) is 0. The van der Waals surface area contributed by atoms with Gasteiger partial charge in [-0.3, -0.25) is 9.59 Å². The van der Waals surface area contributed by atoms with E-state index < -0.39 is 6.04 Å². The molecular weight excluding hydrogens is 264 g/mol. The van der Waals surface area contributed by atoms with Crippen LogP contribution in [0.1, 0.15) is 44.7 Å². The molecule has 4 nitrogen and oxygen atoms in total. The van der Waals surface area contributed by atoms with Crippen molar-refractivity contribution in [1.29, 1.82) is 0 Å². The number of likely N-dealkylation sites (tertiary alicyclic amines) is 1. The molecule has 1 fully saturated rings. The number of piperidine rings is 1. The van der Waals surface area contributed by atoms with E-state index in [1.165, 1.54) is 6.42 Å². The minimum atomic E-state index is -0.570.